The Bertz CT molecular complexity index is 2860. The summed E-state index contributed by atoms with van der Waals surface area (Å²) >= 11 is 3.61. The third kappa shape index (κ3) is 10.0. The summed E-state index contributed by atoms with van der Waals surface area (Å²) in [4.78, 5) is 65.4. The lowest BCUT2D eigenvalue weighted by Gasteiger charge is -2.44. The maximum absolute atomic E-state index is 13.6. The Morgan fingerprint density at radius 2 is 1.63 bits per heavy atom. The van der Waals surface area contributed by atoms with Gasteiger partial charge in [-0.3, -0.25) is 34.6 Å². The van der Waals surface area contributed by atoms with E-state index in [1.165, 1.54) is 36.2 Å². The topological polar surface area (TPSA) is 178 Å². The maximum atomic E-state index is 13.6. The lowest BCUT2D eigenvalue weighted by molar-refractivity contribution is -0.136. The van der Waals surface area contributed by atoms with Crippen molar-refractivity contribution in [3.63, 3.8) is 0 Å². The molecule has 3 saturated heterocycles. The van der Waals surface area contributed by atoms with Crippen LogP contribution >= 0.6 is 23.1 Å². The summed E-state index contributed by atoms with van der Waals surface area (Å²) in [5, 5.41) is 9.84. The largest absolute Gasteiger partial charge is 0.494 e. The fourth-order valence-corrected chi connectivity index (χ4v) is 13.2. The molecule has 4 aliphatic heterocycles. The van der Waals surface area contributed by atoms with Crippen molar-refractivity contribution in [3.05, 3.63) is 87.8 Å². The van der Waals surface area contributed by atoms with Gasteiger partial charge in [-0.1, -0.05) is 19.1 Å². The average molecular weight is 1030 g/mol. The average Bonchev–Trinajstić information content (AvgIpc) is 3.69. The number of piperidine rings is 2. The van der Waals surface area contributed by atoms with E-state index in [0.29, 0.717) is 80.4 Å². The number of nitrogens with zero attached hydrogens (tertiary/aromatic N) is 8. The molecule has 6 heterocycles. The highest BCUT2D eigenvalue weighted by Gasteiger charge is 2.40. The maximum Gasteiger partial charge on any atom is 0.255 e. The number of piperazine rings is 1. The fraction of sp³-hybridized carbons (Fsp3) is 0.481. The number of hydrogen-bond donors (Lipinski definition) is 3. The SMILES string of the molecule is CCc1cc(Nc2ncc(Br)c(Nc3ccc4nccnc4c3P(C)(C)=O)n2)c(OC)cc1N1CCC(N2CCN(CC3CCC(c4ccc5c(c4)CN(C4CCC(=O)NC4=O)C5=O)CC3)CC2)CC1. The number of nitrogens with one attached hydrogen (secondary N) is 3. The first-order valence-corrected chi connectivity index (χ1v) is 28.3. The third-order valence-corrected chi connectivity index (χ3v) is 17.4. The van der Waals surface area contributed by atoms with Crippen LogP contribution in [-0.2, 0) is 27.1 Å². The Hall–Kier alpha value is -5.48. The van der Waals surface area contributed by atoms with Gasteiger partial charge in [0.25, 0.3) is 5.91 Å². The molecule has 1 saturated carbocycles. The van der Waals surface area contributed by atoms with Gasteiger partial charge in [0.05, 0.1) is 33.8 Å². The first kappa shape index (κ1) is 48.2. The molecule has 10 rings (SSSR count). The first-order valence-electron chi connectivity index (χ1n) is 24.9. The fourth-order valence-electron chi connectivity index (χ4n) is 11.6. The number of aromatic nitrogens is 4. The molecular formula is C52H63BrN11O5P. The van der Waals surface area contributed by atoms with Crippen molar-refractivity contribution < 1.29 is 23.7 Å². The van der Waals surface area contributed by atoms with Crippen molar-refractivity contribution in [2.24, 2.45) is 5.92 Å². The smallest absolute Gasteiger partial charge is 0.255 e. The quantitative estimate of drug-likeness (QED) is 0.0769. The van der Waals surface area contributed by atoms with E-state index in [9.17, 15) is 18.9 Å². The second-order valence-corrected chi connectivity index (χ2v) is 24.0. The predicted octanol–water partition coefficient (Wildman–Crippen LogP) is 7.81. The minimum Gasteiger partial charge on any atom is -0.494 e. The van der Waals surface area contributed by atoms with Crippen LogP contribution < -0.4 is 30.9 Å². The number of halogens is 1. The van der Waals surface area contributed by atoms with E-state index < -0.39 is 13.2 Å². The molecular weight excluding hydrogens is 970 g/mol. The highest BCUT2D eigenvalue weighted by atomic mass is 79.9. The monoisotopic (exact) mass is 1030 g/mol. The molecule has 4 fully saturated rings. The Kier molecular flexibility index (Phi) is 14.0. The van der Waals surface area contributed by atoms with Crippen molar-refractivity contribution in [2.45, 2.75) is 89.3 Å². The van der Waals surface area contributed by atoms with Crippen LogP contribution in [0.25, 0.3) is 11.0 Å². The van der Waals surface area contributed by atoms with Gasteiger partial charge >= 0.3 is 0 Å². The number of rotatable bonds is 13. The van der Waals surface area contributed by atoms with E-state index in [1.54, 1.807) is 43.9 Å². The van der Waals surface area contributed by atoms with Gasteiger partial charge in [0, 0.05) is 101 Å². The number of methoxy groups -OCH3 is 1. The minimum absolute atomic E-state index is 0.106. The number of aryl methyl sites for hydroxylation is 1. The van der Waals surface area contributed by atoms with Gasteiger partial charge in [-0.2, -0.15) is 4.98 Å². The van der Waals surface area contributed by atoms with E-state index in [0.717, 1.165) is 82.6 Å². The lowest BCUT2D eigenvalue weighted by Crippen LogP contribution is -2.54. The van der Waals surface area contributed by atoms with Crippen molar-refractivity contribution in [1.29, 1.82) is 0 Å². The van der Waals surface area contributed by atoms with Gasteiger partial charge < -0.3 is 34.6 Å². The van der Waals surface area contributed by atoms with Crippen molar-refractivity contribution in [1.82, 2.24) is 40.0 Å². The van der Waals surface area contributed by atoms with Crippen molar-refractivity contribution in [2.75, 3.05) is 81.8 Å². The van der Waals surface area contributed by atoms with E-state index >= 15 is 0 Å². The van der Waals surface area contributed by atoms with Crippen LogP contribution in [0.3, 0.4) is 0 Å². The van der Waals surface area contributed by atoms with Gasteiger partial charge in [0.2, 0.25) is 17.8 Å². The molecule has 5 aromatic rings. The molecule has 16 nitrogen and oxygen atoms in total. The summed E-state index contributed by atoms with van der Waals surface area (Å²) < 4.78 is 20.2. The Morgan fingerprint density at radius 3 is 2.36 bits per heavy atom. The van der Waals surface area contributed by atoms with Gasteiger partial charge in [-0.05, 0) is 133 Å². The van der Waals surface area contributed by atoms with Crippen LogP contribution in [0.15, 0.2) is 65.5 Å². The zero-order valence-corrected chi connectivity index (χ0v) is 43.0. The summed E-state index contributed by atoms with van der Waals surface area (Å²) in [6, 6.07) is 14.3. The van der Waals surface area contributed by atoms with E-state index in [2.05, 4.69) is 92.7 Å². The summed E-state index contributed by atoms with van der Waals surface area (Å²) in [7, 11) is -1.08. The molecule has 18 heteroatoms. The number of amides is 3. The van der Waals surface area contributed by atoms with Gasteiger partial charge in [0.15, 0.2) is 0 Å². The molecule has 3 aromatic carbocycles. The Balaban J connectivity index is 0.704. The highest BCUT2D eigenvalue weighted by Crippen LogP contribution is 2.43. The molecule has 1 unspecified atom stereocenters. The molecule has 1 aliphatic carbocycles. The molecule has 0 radical (unpaired) electrons. The lowest BCUT2D eigenvalue weighted by atomic mass is 9.78. The molecule has 368 valence electrons. The van der Waals surface area contributed by atoms with Gasteiger partial charge in [-0.25, -0.2) is 4.98 Å². The minimum atomic E-state index is -2.77. The summed E-state index contributed by atoms with van der Waals surface area (Å²) in [6.07, 6.45) is 13.4. The van der Waals surface area contributed by atoms with Crippen molar-refractivity contribution in [3.8, 4) is 5.75 Å². The van der Waals surface area contributed by atoms with Crippen LogP contribution in [0.2, 0.25) is 0 Å². The zero-order valence-electron chi connectivity index (χ0n) is 40.5. The molecule has 5 aliphatic rings. The highest BCUT2D eigenvalue weighted by molar-refractivity contribution is 9.10. The molecule has 1 atom stereocenters. The summed E-state index contributed by atoms with van der Waals surface area (Å²) in [6.45, 7) is 13.7. The van der Waals surface area contributed by atoms with E-state index in [-0.39, 0.29) is 24.1 Å². The van der Waals surface area contributed by atoms with Crippen LogP contribution in [0.1, 0.15) is 91.3 Å². The number of carbonyl (C=O) groups is 3. The Morgan fingerprint density at radius 1 is 0.857 bits per heavy atom. The van der Waals surface area contributed by atoms with Crippen LogP contribution in [0.4, 0.5) is 28.8 Å². The van der Waals surface area contributed by atoms with Crippen LogP contribution in [-0.4, -0.2) is 131 Å². The molecule has 70 heavy (non-hydrogen) atoms. The van der Waals surface area contributed by atoms with E-state index in [1.807, 2.05) is 18.2 Å². The van der Waals surface area contributed by atoms with Crippen LogP contribution in [0, 0.1) is 5.92 Å². The molecule has 3 N–H and O–H groups in total. The molecule has 0 bridgehead atoms. The molecule has 0 spiro atoms. The number of imide groups is 1. The standard InChI is InChI=1S/C52H63BrN11O5P/c1-5-33-27-42(58-52-56-29-39(53)49(60-52)57-41-13-12-40-47(55-19-18-54-40)48(41)70(3,4)68)45(69-2)28-44(33)63-20-16-37(17-21-63)62-24-22-61(23-25-62)30-32-6-8-34(9-7-32)35-10-11-38-36(26-35)31-64(51(38)67)43-14-15-46(65)59-50(43)66/h10-13,18-19,26-29,32,34,37,43H,5-9,14-17,20-25,30-31H2,1-4H3,(H,59,65,66)(H2,56,57,58,60). The number of fused-ring (bicyclic) bond motifs is 2. The third-order valence-electron chi connectivity index (χ3n) is 15.3. The van der Waals surface area contributed by atoms with Gasteiger partial charge in [-0.15, -0.1) is 0 Å². The molecule has 2 aromatic heterocycles. The summed E-state index contributed by atoms with van der Waals surface area (Å²) in [5.41, 5.74) is 8.15. The number of hydrogen-bond acceptors (Lipinski definition) is 14. The number of carbonyl (C=O) groups excluding carboxylic acids is 3. The second-order valence-electron chi connectivity index (χ2n) is 20.0. The zero-order chi connectivity index (χ0) is 48.7. The number of benzene rings is 3. The van der Waals surface area contributed by atoms with E-state index in [4.69, 9.17) is 9.72 Å². The Labute approximate surface area is 418 Å². The van der Waals surface area contributed by atoms with Crippen molar-refractivity contribution >= 4 is 86.0 Å². The second kappa shape index (κ2) is 20.3. The number of anilines is 5. The number of ether oxygens (including phenoxy) is 1. The predicted molar refractivity (Wildman–Crippen MR) is 278 cm³/mol. The normalized spacial score (nSPS) is 21.8. The molecule has 3 amide bonds. The first-order chi connectivity index (χ1) is 33.8. The summed E-state index contributed by atoms with van der Waals surface area (Å²) in [5.74, 6) is 2.09. The van der Waals surface area contributed by atoms with Crippen LogP contribution in [0.5, 0.6) is 5.75 Å². The van der Waals surface area contributed by atoms with Gasteiger partial charge in [0.1, 0.15) is 30.3 Å².